The number of ether oxygens (including phenoxy) is 1. The summed E-state index contributed by atoms with van der Waals surface area (Å²) in [5.74, 6) is 0. The summed E-state index contributed by atoms with van der Waals surface area (Å²) in [4.78, 5) is 0. The molecule has 2 atom stereocenters. The van der Waals surface area contributed by atoms with Crippen LogP contribution in [0.1, 0.15) is 26.2 Å². The number of aromatic nitrogens is 1. The highest BCUT2D eigenvalue weighted by Gasteiger charge is 2.20. The van der Waals surface area contributed by atoms with Crippen LogP contribution in [-0.4, -0.2) is 29.9 Å². The molecule has 3 rings (SSSR count). The predicted molar refractivity (Wildman–Crippen MR) is 83.0 cm³/mol. The lowest BCUT2D eigenvalue weighted by atomic mass is 10.2. The van der Waals surface area contributed by atoms with Crippen molar-refractivity contribution in [1.29, 1.82) is 0 Å². The molecule has 0 aliphatic carbocycles. The van der Waals surface area contributed by atoms with E-state index in [0.717, 1.165) is 26.1 Å². The minimum atomic E-state index is 0.428. The van der Waals surface area contributed by atoms with Crippen LogP contribution in [0.15, 0.2) is 36.5 Å². The van der Waals surface area contributed by atoms with Crippen molar-refractivity contribution < 1.29 is 4.74 Å². The van der Waals surface area contributed by atoms with Gasteiger partial charge in [0.2, 0.25) is 0 Å². The van der Waals surface area contributed by atoms with Gasteiger partial charge in [0.15, 0.2) is 0 Å². The molecule has 0 saturated carbocycles. The maximum atomic E-state index is 5.80. The number of rotatable bonds is 6. The van der Waals surface area contributed by atoms with Crippen LogP contribution in [-0.2, 0) is 11.3 Å². The Hall–Kier alpha value is -1.32. The Bertz CT molecular complexity index is 549. The van der Waals surface area contributed by atoms with Crippen molar-refractivity contribution >= 4 is 10.9 Å². The summed E-state index contributed by atoms with van der Waals surface area (Å²) in [6.07, 6.45) is 6.64. The normalized spacial score (nSPS) is 22.6. The SMILES string of the molecule is CC1CCC(CNCCCn2ccc3ccccc32)O1. The Morgan fingerprint density at radius 2 is 2.15 bits per heavy atom. The first-order valence-electron chi connectivity index (χ1n) is 7.73. The van der Waals surface area contributed by atoms with Gasteiger partial charge in [-0.05, 0) is 50.2 Å². The van der Waals surface area contributed by atoms with Gasteiger partial charge in [-0.25, -0.2) is 0 Å². The maximum absolute atomic E-state index is 5.80. The van der Waals surface area contributed by atoms with Gasteiger partial charge in [0, 0.05) is 24.8 Å². The highest BCUT2D eigenvalue weighted by atomic mass is 16.5. The summed E-state index contributed by atoms with van der Waals surface area (Å²) in [7, 11) is 0. The number of nitrogens with one attached hydrogen (secondary N) is 1. The second kappa shape index (κ2) is 6.42. The van der Waals surface area contributed by atoms with E-state index in [1.165, 1.54) is 23.7 Å². The fourth-order valence-electron chi connectivity index (χ4n) is 3.01. The molecule has 2 unspecified atom stereocenters. The molecule has 1 aromatic carbocycles. The van der Waals surface area contributed by atoms with Crippen molar-refractivity contribution in [3.05, 3.63) is 36.5 Å². The molecular formula is C17H24N2O. The second-order valence-electron chi connectivity index (χ2n) is 5.77. The Labute approximate surface area is 120 Å². The molecule has 1 fully saturated rings. The third-order valence-corrected chi connectivity index (χ3v) is 4.12. The molecule has 20 heavy (non-hydrogen) atoms. The van der Waals surface area contributed by atoms with E-state index in [1.54, 1.807) is 0 Å². The van der Waals surface area contributed by atoms with Crippen LogP contribution < -0.4 is 5.32 Å². The minimum Gasteiger partial charge on any atom is -0.374 e. The molecule has 2 heterocycles. The van der Waals surface area contributed by atoms with E-state index in [4.69, 9.17) is 4.74 Å². The number of hydrogen-bond donors (Lipinski definition) is 1. The quantitative estimate of drug-likeness (QED) is 0.817. The molecule has 1 N–H and O–H groups in total. The van der Waals surface area contributed by atoms with Gasteiger partial charge in [-0.15, -0.1) is 0 Å². The molecule has 0 bridgehead atoms. The van der Waals surface area contributed by atoms with Gasteiger partial charge in [-0.3, -0.25) is 0 Å². The van der Waals surface area contributed by atoms with Crippen LogP contribution in [0.25, 0.3) is 10.9 Å². The summed E-state index contributed by atoms with van der Waals surface area (Å²) in [5, 5.41) is 4.85. The van der Waals surface area contributed by atoms with Gasteiger partial charge in [-0.2, -0.15) is 0 Å². The van der Waals surface area contributed by atoms with Crippen molar-refractivity contribution in [3.8, 4) is 0 Å². The summed E-state index contributed by atoms with van der Waals surface area (Å²) < 4.78 is 8.14. The van der Waals surface area contributed by atoms with E-state index < -0.39 is 0 Å². The highest BCUT2D eigenvalue weighted by molar-refractivity contribution is 5.79. The van der Waals surface area contributed by atoms with Crippen LogP contribution in [0.2, 0.25) is 0 Å². The van der Waals surface area contributed by atoms with Crippen LogP contribution in [0.4, 0.5) is 0 Å². The van der Waals surface area contributed by atoms with E-state index in [-0.39, 0.29) is 0 Å². The lowest BCUT2D eigenvalue weighted by molar-refractivity contribution is 0.0561. The summed E-state index contributed by atoms with van der Waals surface area (Å²) >= 11 is 0. The molecule has 1 saturated heterocycles. The molecule has 3 nitrogen and oxygen atoms in total. The Balaban J connectivity index is 1.39. The molecule has 3 heteroatoms. The van der Waals surface area contributed by atoms with Crippen molar-refractivity contribution in [2.24, 2.45) is 0 Å². The average molecular weight is 272 g/mol. The Morgan fingerprint density at radius 3 is 3.00 bits per heavy atom. The van der Waals surface area contributed by atoms with Crippen molar-refractivity contribution in [2.75, 3.05) is 13.1 Å². The third-order valence-electron chi connectivity index (χ3n) is 4.12. The highest BCUT2D eigenvalue weighted by Crippen LogP contribution is 2.18. The van der Waals surface area contributed by atoms with Crippen molar-refractivity contribution in [2.45, 2.75) is 44.9 Å². The fourth-order valence-corrected chi connectivity index (χ4v) is 3.01. The van der Waals surface area contributed by atoms with Crippen LogP contribution in [0.3, 0.4) is 0 Å². The zero-order valence-electron chi connectivity index (χ0n) is 12.2. The van der Waals surface area contributed by atoms with Crippen LogP contribution >= 0.6 is 0 Å². The summed E-state index contributed by atoms with van der Waals surface area (Å²) in [5.41, 5.74) is 1.33. The first-order chi connectivity index (χ1) is 9.83. The molecule has 0 radical (unpaired) electrons. The van der Waals surface area contributed by atoms with Gasteiger partial charge in [-0.1, -0.05) is 18.2 Å². The van der Waals surface area contributed by atoms with E-state index in [9.17, 15) is 0 Å². The van der Waals surface area contributed by atoms with Gasteiger partial charge >= 0.3 is 0 Å². The predicted octanol–water partition coefficient (Wildman–Crippen LogP) is 3.19. The van der Waals surface area contributed by atoms with Crippen LogP contribution in [0, 0.1) is 0 Å². The summed E-state index contributed by atoms with van der Waals surface area (Å²) in [6.45, 7) is 5.29. The first-order valence-corrected chi connectivity index (χ1v) is 7.73. The minimum absolute atomic E-state index is 0.428. The van der Waals surface area contributed by atoms with Gasteiger partial charge in [0.05, 0.1) is 12.2 Å². The third kappa shape index (κ3) is 3.22. The number of benzene rings is 1. The van der Waals surface area contributed by atoms with E-state index >= 15 is 0 Å². The van der Waals surface area contributed by atoms with E-state index in [2.05, 4.69) is 53.3 Å². The topological polar surface area (TPSA) is 26.2 Å². The smallest absolute Gasteiger partial charge is 0.0704 e. The maximum Gasteiger partial charge on any atom is 0.0704 e. The standard InChI is InChI=1S/C17H24N2O/c1-14-7-8-16(20-14)13-18-10-4-11-19-12-9-15-5-2-3-6-17(15)19/h2-3,5-6,9,12,14,16,18H,4,7-8,10-11,13H2,1H3. The Morgan fingerprint density at radius 1 is 1.25 bits per heavy atom. The van der Waals surface area contributed by atoms with Gasteiger partial charge < -0.3 is 14.6 Å². The number of para-hydroxylation sites is 1. The van der Waals surface area contributed by atoms with Crippen molar-refractivity contribution in [1.82, 2.24) is 9.88 Å². The summed E-state index contributed by atoms with van der Waals surface area (Å²) in [6, 6.07) is 10.8. The zero-order chi connectivity index (χ0) is 13.8. The molecule has 1 aromatic heterocycles. The van der Waals surface area contributed by atoms with Crippen LogP contribution in [0.5, 0.6) is 0 Å². The van der Waals surface area contributed by atoms with E-state index in [0.29, 0.717) is 12.2 Å². The molecular weight excluding hydrogens is 248 g/mol. The molecule has 1 aliphatic heterocycles. The molecule has 0 amide bonds. The average Bonchev–Trinajstić information content (AvgIpc) is 3.05. The number of fused-ring (bicyclic) bond motifs is 1. The molecule has 1 aliphatic rings. The zero-order valence-corrected chi connectivity index (χ0v) is 12.2. The number of hydrogen-bond acceptors (Lipinski definition) is 2. The second-order valence-corrected chi connectivity index (χ2v) is 5.77. The monoisotopic (exact) mass is 272 g/mol. The van der Waals surface area contributed by atoms with Gasteiger partial charge in [0.1, 0.15) is 0 Å². The number of aryl methyl sites for hydroxylation is 1. The number of nitrogens with zero attached hydrogens (tertiary/aromatic N) is 1. The van der Waals surface area contributed by atoms with Gasteiger partial charge in [0.25, 0.3) is 0 Å². The molecule has 2 aromatic rings. The fraction of sp³-hybridized carbons (Fsp3) is 0.529. The molecule has 0 spiro atoms. The first kappa shape index (κ1) is 13.7. The lowest BCUT2D eigenvalue weighted by Gasteiger charge is -2.12. The lowest BCUT2D eigenvalue weighted by Crippen LogP contribution is -2.28. The largest absolute Gasteiger partial charge is 0.374 e. The van der Waals surface area contributed by atoms with E-state index in [1.807, 2.05) is 0 Å². The molecule has 108 valence electrons. The van der Waals surface area contributed by atoms with Crippen molar-refractivity contribution in [3.63, 3.8) is 0 Å². The Kier molecular flexibility index (Phi) is 4.38.